The maximum Gasteiger partial charge on any atom is 0.0680 e. The van der Waals surface area contributed by atoms with Gasteiger partial charge in [0.15, 0.2) is 0 Å². The Morgan fingerprint density at radius 1 is 1.44 bits per heavy atom. The molecule has 0 radical (unpaired) electrons. The topological polar surface area (TPSA) is 46.2 Å². The lowest BCUT2D eigenvalue weighted by Gasteiger charge is -2.35. The molecule has 0 aliphatic carbocycles. The molecule has 1 rings (SSSR count). The quantitative estimate of drug-likeness (QED) is 0.783. The average molecular weight is 245 g/mol. The van der Waals surface area contributed by atoms with Crippen LogP contribution in [0.2, 0.25) is 0 Å². The fraction of sp³-hybridized carbons (Fsp3) is 0.375. The normalized spacial score (nSPS) is 16.5. The van der Waals surface area contributed by atoms with Crippen LogP contribution < -0.4 is 5.73 Å². The smallest absolute Gasteiger partial charge is 0.0680 e. The van der Waals surface area contributed by atoms with Crippen molar-refractivity contribution in [2.45, 2.75) is 38.8 Å². The van der Waals surface area contributed by atoms with Gasteiger partial charge < -0.3 is 10.8 Å². The second-order valence-corrected chi connectivity index (χ2v) is 4.73. The zero-order valence-electron chi connectivity index (χ0n) is 11.5. The molecule has 2 nitrogen and oxygen atoms in total. The van der Waals surface area contributed by atoms with E-state index in [0.29, 0.717) is 6.54 Å². The van der Waals surface area contributed by atoms with E-state index in [9.17, 15) is 5.11 Å². The van der Waals surface area contributed by atoms with Crippen molar-refractivity contribution < 1.29 is 5.11 Å². The Labute approximate surface area is 110 Å². The molecule has 3 N–H and O–H groups in total. The predicted molar refractivity (Wildman–Crippen MR) is 77.3 cm³/mol. The lowest BCUT2D eigenvalue weighted by molar-refractivity contribution is 0.142. The maximum absolute atomic E-state index is 10.2. The molecule has 2 heteroatoms. The number of nitrogens with two attached hydrogens (primary N) is 1. The molecule has 18 heavy (non-hydrogen) atoms. The van der Waals surface area contributed by atoms with Crippen LogP contribution in [0.4, 0.5) is 0 Å². The number of aliphatic hydroxyl groups excluding tert-OH is 1. The van der Waals surface area contributed by atoms with Crippen molar-refractivity contribution in [2.24, 2.45) is 5.73 Å². The van der Waals surface area contributed by atoms with Gasteiger partial charge in [0.1, 0.15) is 0 Å². The minimum atomic E-state index is -0.532. The minimum Gasteiger partial charge on any atom is -0.392 e. The Morgan fingerprint density at radius 2 is 2.00 bits per heavy atom. The van der Waals surface area contributed by atoms with Crippen molar-refractivity contribution in [3.8, 4) is 0 Å². The van der Waals surface area contributed by atoms with Crippen molar-refractivity contribution in [1.82, 2.24) is 0 Å². The van der Waals surface area contributed by atoms with Crippen LogP contribution in [0.25, 0.3) is 0 Å². The summed E-state index contributed by atoms with van der Waals surface area (Å²) >= 11 is 0. The van der Waals surface area contributed by atoms with Crippen LogP contribution in [-0.2, 0) is 12.0 Å². The first-order chi connectivity index (χ1) is 8.48. The van der Waals surface area contributed by atoms with E-state index in [2.05, 4.69) is 6.58 Å². The Kier molecular flexibility index (Phi) is 4.88. The molecule has 0 spiro atoms. The Balaban J connectivity index is 3.36. The van der Waals surface area contributed by atoms with Gasteiger partial charge in [-0.15, -0.1) is 0 Å². The molecule has 0 aliphatic rings. The van der Waals surface area contributed by atoms with E-state index in [1.807, 2.05) is 50.3 Å². The predicted octanol–water partition coefficient (Wildman–Crippen LogP) is 2.92. The lowest BCUT2D eigenvalue weighted by Crippen LogP contribution is -2.36. The van der Waals surface area contributed by atoms with Gasteiger partial charge in [0, 0.05) is 6.54 Å². The van der Waals surface area contributed by atoms with Crippen LogP contribution in [0.1, 0.15) is 31.9 Å². The highest BCUT2D eigenvalue weighted by Gasteiger charge is 2.35. The zero-order valence-corrected chi connectivity index (χ0v) is 11.5. The van der Waals surface area contributed by atoms with Gasteiger partial charge >= 0.3 is 0 Å². The van der Waals surface area contributed by atoms with Crippen LogP contribution in [-0.4, -0.2) is 11.2 Å². The number of hydrogen-bond acceptors (Lipinski definition) is 2. The first-order valence-corrected chi connectivity index (χ1v) is 6.26. The van der Waals surface area contributed by atoms with Gasteiger partial charge in [0.05, 0.1) is 11.5 Å². The molecule has 0 heterocycles. The van der Waals surface area contributed by atoms with Crippen LogP contribution in [0.3, 0.4) is 0 Å². The van der Waals surface area contributed by atoms with E-state index >= 15 is 0 Å². The summed E-state index contributed by atoms with van der Waals surface area (Å²) in [5.41, 5.74) is 8.13. The van der Waals surface area contributed by atoms with E-state index in [-0.39, 0.29) is 0 Å². The highest BCUT2D eigenvalue weighted by molar-refractivity contribution is 5.43. The molecule has 0 fully saturated rings. The SMILES string of the molecule is C=C(C)C(/C=C/C)(c1ccc(CN)cc1)C(C)O. The number of hydrogen-bond donors (Lipinski definition) is 2. The average Bonchev–Trinajstić information content (AvgIpc) is 2.35. The molecule has 0 aliphatic heterocycles. The number of rotatable bonds is 5. The Hall–Kier alpha value is -1.38. The van der Waals surface area contributed by atoms with Gasteiger partial charge in [0.25, 0.3) is 0 Å². The van der Waals surface area contributed by atoms with Crippen molar-refractivity contribution in [2.75, 3.05) is 0 Å². The van der Waals surface area contributed by atoms with Crippen molar-refractivity contribution in [3.05, 3.63) is 59.7 Å². The summed E-state index contributed by atoms with van der Waals surface area (Å²) in [5, 5.41) is 10.2. The first-order valence-electron chi connectivity index (χ1n) is 6.26. The standard InChI is InChI=1S/C16H23NO/c1-5-10-16(12(2)3,13(4)18)15-8-6-14(11-17)7-9-15/h5-10,13,18H,2,11,17H2,1,3-4H3/b10-5+. The maximum atomic E-state index is 10.2. The second kappa shape index (κ2) is 5.98. The molecule has 98 valence electrons. The van der Waals surface area contributed by atoms with Gasteiger partial charge in [-0.1, -0.05) is 48.6 Å². The second-order valence-electron chi connectivity index (χ2n) is 4.73. The molecule has 2 unspecified atom stereocenters. The van der Waals surface area contributed by atoms with Crippen molar-refractivity contribution >= 4 is 0 Å². The zero-order chi connectivity index (χ0) is 13.8. The molecule has 0 saturated carbocycles. The summed E-state index contributed by atoms with van der Waals surface area (Å²) in [6.45, 7) is 10.3. The van der Waals surface area contributed by atoms with Crippen molar-refractivity contribution in [3.63, 3.8) is 0 Å². The van der Waals surface area contributed by atoms with E-state index in [4.69, 9.17) is 5.73 Å². The molecular formula is C16H23NO. The summed E-state index contributed by atoms with van der Waals surface area (Å²) in [6, 6.07) is 8.03. The van der Waals surface area contributed by atoms with Gasteiger partial charge in [-0.05, 0) is 31.9 Å². The molecule has 1 aromatic carbocycles. The monoisotopic (exact) mass is 245 g/mol. The fourth-order valence-corrected chi connectivity index (χ4v) is 2.40. The van der Waals surface area contributed by atoms with Gasteiger partial charge in [0.2, 0.25) is 0 Å². The van der Waals surface area contributed by atoms with E-state index in [1.165, 1.54) is 0 Å². The summed E-state index contributed by atoms with van der Waals surface area (Å²) in [6.07, 6.45) is 3.44. The summed E-state index contributed by atoms with van der Waals surface area (Å²) in [4.78, 5) is 0. The van der Waals surface area contributed by atoms with Gasteiger partial charge in [-0.25, -0.2) is 0 Å². The van der Waals surface area contributed by atoms with Crippen LogP contribution >= 0.6 is 0 Å². The molecular weight excluding hydrogens is 222 g/mol. The number of aliphatic hydroxyl groups is 1. The van der Waals surface area contributed by atoms with Gasteiger partial charge in [-0.2, -0.15) is 0 Å². The first kappa shape index (κ1) is 14.7. The number of benzene rings is 1. The van der Waals surface area contributed by atoms with E-state index in [0.717, 1.165) is 16.7 Å². The third-order valence-electron chi connectivity index (χ3n) is 3.46. The Morgan fingerprint density at radius 3 is 2.33 bits per heavy atom. The van der Waals surface area contributed by atoms with E-state index < -0.39 is 11.5 Å². The van der Waals surface area contributed by atoms with E-state index in [1.54, 1.807) is 6.92 Å². The fourth-order valence-electron chi connectivity index (χ4n) is 2.40. The Bertz CT molecular complexity index is 431. The molecule has 2 atom stereocenters. The molecule has 1 aromatic rings. The van der Waals surface area contributed by atoms with Crippen LogP contribution in [0, 0.1) is 0 Å². The van der Waals surface area contributed by atoms with Crippen LogP contribution in [0.15, 0.2) is 48.6 Å². The summed E-state index contributed by atoms with van der Waals surface area (Å²) in [7, 11) is 0. The van der Waals surface area contributed by atoms with Crippen LogP contribution in [0.5, 0.6) is 0 Å². The third-order valence-corrected chi connectivity index (χ3v) is 3.46. The largest absolute Gasteiger partial charge is 0.392 e. The highest BCUT2D eigenvalue weighted by Crippen LogP contribution is 2.36. The molecule has 0 amide bonds. The lowest BCUT2D eigenvalue weighted by atomic mass is 9.71. The summed E-state index contributed by atoms with van der Waals surface area (Å²) < 4.78 is 0. The minimum absolute atomic E-state index is 0.526. The highest BCUT2D eigenvalue weighted by atomic mass is 16.3. The van der Waals surface area contributed by atoms with Gasteiger partial charge in [-0.3, -0.25) is 0 Å². The third kappa shape index (κ3) is 2.55. The summed E-state index contributed by atoms with van der Waals surface area (Å²) in [5.74, 6) is 0. The van der Waals surface area contributed by atoms with Crippen molar-refractivity contribution in [1.29, 1.82) is 0 Å². The number of allylic oxidation sites excluding steroid dienone is 1. The molecule has 0 saturated heterocycles. The molecule has 0 aromatic heterocycles. The molecule has 0 bridgehead atoms.